The second-order valence-electron chi connectivity index (χ2n) is 9.38. The molecule has 34 heavy (non-hydrogen) atoms. The zero-order chi connectivity index (χ0) is 24.9. The van der Waals surface area contributed by atoms with Crippen LogP contribution in [0.4, 0.5) is 0 Å². The number of ether oxygens (including phenoxy) is 2. The van der Waals surface area contributed by atoms with Crippen molar-refractivity contribution in [2.45, 2.75) is 58.7 Å². The van der Waals surface area contributed by atoms with Gasteiger partial charge in [0.2, 0.25) is 0 Å². The molecule has 1 aromatic heterocycles. The van der Waals surface area contributed by atoms with Crippen LogP contribution in [0.25, 0.3) is 0 Å². The second-order valence-corrected chi connectivity index (χ2v) is 9.38. The summed E-state index contributed by atoms with van der Waals surface area (Å²) in [5.41, 5.74) is 1.26. The number of nitrogens with zero attached hydrogens (tertiary/aromatic N) is 2. The van der Waals surface area contributed by atoms with E-state index < -0.39 is 5.60 Å². The summed E-state index contributed by atoms with van der Waals surface area (Å²) >= 11 is 0. The molecule has 7 nitrogen and oxygen atoms in total. The van der Waals surface area contributed by atoms with Crippen LogP contribution in [0.5, 0.6) is 5.75 Å². The highest BCUT2D eigenvalue weighted by molar-refractivity contribution is 6.08. The number of likely N-dealkylation sites (tertiary alicyclic amines) is 1. The molecule has 0 saturated carbocycles. The van der Waals surface area contributed by atoms with Crippen molar-refractivity contribution in [1.29, 1.82) is 0 Å². The van der Waals surface area contributed by atoms with Gasteiger partial charge in [-0.2, -0.15) is 0 Å². The van der Waals surface area contributed by atoms with Crippen LogP contribution in [0.1, 0.15) is 66.3 Å². The molecule has 182 valence electrons. The Kier molecular flexibility index (Phi) is 8.20. The first-order chi connectivity index (χ1) is 16.1. The normalized spacial score (nSPS) is 20.3. The zero-order valence-corrected chi connectivity index (χ0v) is 20.7. The van der Waals surface area contributed by atoms with Crippen molar-refractivity contribution in [3.8, 4) is 5.75 Å². The summed E-state index contributed by atoms with van der Waals surface area (Å²) in [6.45, 7) is 8.81. The highest BCUT2D eigenvalue weighted by atomic mass is 16.5. The van der Waals surface area contributed by atoms with E-state index in [1.54, 1.807) is 31.5 Å². The standard InChI is InChI=1S/C27H34N2O5/c1-18(2)34-25-9-8-21(13-19(25)3)26(32)29-12-10-27(33-5,20(4)17-29)15-23(30)14-24(31)22-7-6-11-28-16-22/h6-9,11,13,16,18,20H,10,12,14-15,17H2,1-5H3. The number of hydrogen-bond donors (Lipinski definition) is 0. The molecule has 3 rings (SSSR count). The van der Waals surface area contributed by atoms with E-state index in [1.165, 1.54) is 6.20 Å². The predicted molar refractivity (Wildman–Crippen MR) is 129 cm³/mol. The number of amides is 1. The van der Waals surface area contributed by atoms with E-state index in [-0.39, 0.29) is 42.3 Å². The van der Waals surface area contributed by atoms with Gasteiger partial charge in [-0.1, -0.05) is 6.92 Å². The van der Waals surface area contributed by atoms with Gasteiger partial charge < -0.3 is 14.4 Å². The molecule has 0 radical (unpaired) electrons. The van der Waals surface area contributed by atoms with Crippen molar-refractivity contribution < 1.29 is 23.9 Å². The maximum absolute atomic E-state index is 13.2. The minimum absolute atomic E-state index is 0.0474. The van der Waals surface area contributed by atoms with Gasteiger partial charge in [-0.15, -0.1) is 0 Å². The molecule has 1 fully saturated rings. The van der Waals surface area contributed by atoms with Crippen molar-refractivity contribution >= 4 is 17.5 Å². The maximum Gasteiger partial charge on any atom is 0.253 e. The lowest BCUT2D eigenvalue weighted by molar-refractivity contribution is -0.134. The molecule has 1 aliphatic rings. The third kappa shape index (κ3) is 5.89. The van der Waals surface area contributed by atoms with E-state index in [2.05, 4.69) is 4.98 Å². The average molecular weight is 467 g/mol. The highest BCUT2D eigenvalue weighted by Gasteiger charge is 2.43. The number of methoxy groups -OCH3 is 1. The number of piperidine rings is 1. The van der Waals surface area contributed by atoms with E-state index in [1.807, 2.05) is 44.7 Å². The fourth-order valence-corrected chi connectivity index (χ4v) is 4.54. The van der Waals surface area contributed by atoms with E-state index >= 15 is 0 Å². The number of pyridine rings is 1. The Bertz CT molecular complexity index is 1040. The van der Waals surface area contributed by atoms with E-state index in [9.17, 15) is 14.4 Å². The summed E-state index contributed by atoms with van der Waals surface area (Å²) in [7, 11) is 1.60. The minimum Gasteiger partial charge on any atom is -0.491 e. The van der Waals surface area contributed by atoms with Gasteiger partial charge in [0.15, 0.2) is 5.78 Å². The number of hydrogen-bond acceptors (Lipinski definition) is 6. The van der Waals surface area contributed by atoms with E-state index in [0.29, 0.717) is 30.6 Å². The number of Topliss-reactive ketones (excluding diaryl/α,β-unsaturated/α-hetero) is 2. The monoisotopic (exact) mass is 466 g/mol. The Labute approximate surface area is 201 Å². The molecule has 1 saturated heterocycles. The molecule has 1 amide bonds. The smallest absolute Gasteiger partial charge is 0.253 e. The topological polar surface area (TPSA) is 85.8 Å². The Morgan fingerprint density at radius 1 is 1.21 bits per heavy atom. The molecule has 0 spiro atoms. The summed E-state index contributed by atoms with van der Waals surface area (Å²) in [6, 6.07) is 8.83. The Morgan fingerprint density at radius 2 is 1.97 bits per heavy atom. The van der Waals surface area contributed by atoms with Crippen molar-refractivity contribution in [2.24, 2.45) is 5.92 Å². The largest absolute Gasteiger partial charge is 0.491 e. The first kappa shape index (κ1) is 25.6. The van der Waals surface area contributed by atoms with Crippen molar-refractivity contribution in [3.63, 3.8) is 0 Å². The first-order valence-corrected chi connectivity index (χ1v) is 11.7. The van der Waals surface area contributed by atoms with Gasteiger partial charge >= 0.3 is 0 Å². The quantitative estimate of drug-likeness (QED) is 0.405. The van der Waals surface area contributed by atoms with Crippen LogP contribution >= 0.6 is 0 Å². The van der Waals surface area contributed by atoms with Crippen molar-refractivity contribution in [1.82, 2.24) is 9.88 Å². The molecule has 2 aromatic rings. The summed E-state index contributed by atoms with van der Waals surface area (Å²) in [6.07, 6.45) is 3.60. The van der Waals surface area contributed by atoms with E-state index in [4.69, 9.17) is 9.47 Å². The molecule has 2 heterocycles. The van der Waals surface area contributed by atoms with Crippen LogP contribution in [0.15, 0.2) is 42.7 Å². The van der Waals surface area contributed by atoms with Crippen LogP contribution in [0.3, 0.4) is 0 Å². The maximum atomic E-state index is 13.2. The molecule has 1 aromatic carbocycles. The third-order valence-electron chi connectivity index (χ3n) is 6.51. The molecule has 2 unspecified atom stereocenters. The molecule has 0 N–H and O–H groups in total. The van der Waals surface area contributed by atoms with Crippen LogP contribution in [0.2, 0.25) is 0 Å². The number of carbonyl (C=O) groups is 3. The fourth-order valence-electron chi connectivity index (χ4n) is 4.54. The number of aromatic nitrogens is 1. The molecule has 2 atom stereocenters. The number of carbonyl (C=O) groups excluding carboxylic acids is 3. The van der Waals surface area contributed by atoms with Crippen LogP contribution < -0.4 is 4.74 Å². The SMILES string of the molecule is COC1(CC(=O)CC(=O)c2cccnc2)CCN(C(=O)c2ccc(OC(C)C)c(C)c2)CC1C. The van der Waals surface area contributed by atoms with Gasteiger partial charge in [0.1, 0.15) is 11.5 Å². The fraction of sp³-hybridized carbons (Fsp3) is 0.481. The first-order valence-electron chi connectivity index (χ1n) is 11.7. The Hall–Kier alpha value is -3.06. The number of benzene rings is 1. The molecule has 7 heteroatoms. The van der Waals surface area contributed by atoms with Gasteiger partial charge in [0.05, 0.1) is 18.1 Å². The summed E-state index contributed by atoms with van der Waals surface area (Å²) in [5, 5.41) is 0. The van der Waals surface area contributed by atoms with Crippen LogP contribution in [0, 0.1) is 12.8 Å². The molecular formula is C27H34N2O5. The predicted octanol–water partition coefficient (Wildman–Crippen LogP) is 4.28. The van der Waals surface area contributed by atoms with Gasteiger partial charge in [0.25, 0.3) is 5.91 Å². The Morgan fingerprint density at radius 3 is 2.56 bits per heavy atom. The average Bonchev–Trinajstić information content (AvgIpc) is 2.81. The molecule has 1 aliphatic heterocycles. The lowest BCUT2D eigenvalue weighted by Gasteiger charge is -2.45. The number of ketones is 2. The van der Waals surface area contributed by atoms with Crippen LogP contribution in [-0.4, -0.2) is 59.3 Å². The summed E-state index contributed by atoms with van der Waals surface area (Å²) in [4.78, 5) is 44.1. The minimum atomic E-state index is -0.700. The summed E-state index contributed by atoms with van der Waals surface area (Å²) in [5.74, 6) is 0.242. The van der Waals surface area contributed by atoms with Gasteiger partial charge in [-0.25, -0.2) is 0 Å². The third-order valence-corrected chi connectivity index (χ3v) is 6.51. The van der Waals surface area contributed by atoms with Gasteiger partial charge in [0, 0.05) is 56.1 Å². The highest BCUT2D eigenvalue weighted by Crippen LogP contribution is 2.35. The van der Waals surface area contributed by atoms with Crippen molar-refractivity contribution in [2.75, 3.05) is 20.2 Å². The van der Waals surface area contributed by atoms with Gasteiger partial charge in [-0.3, -0.25) is 19.4 Å². The Balaban J connectivity index is 1.64. The van der Waals surface area contributed by atoms with E-state index in [0.717, 1.165) is 11.3 Å². The number of rotatable bonds is 9. The zero-order valence-electron chi connectivity index (χ0n) is 20.7. The lowest BCUT2D eigenvalue weighted by atomic mass is 9.77. The summed E-state index contributed by atoms with van der Waals surface area (Å²) < 4.78 is 11.6. The van der Waals surface area contributed by atoms with Crippen LogP contribution in [-0.2, 0) is 9.53 Å². The second kappa shape index (κ2) is 10.9. The molecular weight excluding hydrogens is 432 g/mol. The van der Waals surface area contributed by atoms with Gasteiger partial charge in [-0.05, 0) is 63.1 Å². The lowest BCUT2D eigenvalue weighted by Crippen LogP contribution is -2.54. The molecule has 0 aliphatic carbocycles. The molecule has 0 bridgehead atoms. The number of aryl methyl sites for hydroxylation is 1. The van der Waals surface area contributed by atoms with Crippen molar-refractivity contribution in [3.05, 3.63) is 59.4 Å².